The third kappa shape index (κ3) is 4.41. The second-order valence-corrected chi connectivity index (χ2v) is 8.51. The normalized spacial score (nSPS) is 15.0. The average molecular weight is 377 g/mol. The fourth-order valence-corrected chi connectivity index (χ4v) is 5.48. The lowest BCUT2D eigenvalue weighted by molar-refractivity contribution is 0.0845. The van der Waals surface area contributed by atoms with E-state index < -0.39 is 5.91 Å². The van der Waals surface area contributed by atoms with Crippen LogP contribution in [0.2, 0.25) is 0 Å². The van der Waals surface area contributed by atoms with Crippen LogP contribution in [0.3, 0.4) is 0 Å². The van der Waals surface area contributed by atoms with Crippen LogP contribution in [0.25, 0.3) is 0 Å². The van der Waals surface area contributed by atoms with Crippen LogP contribution in [-0.4, -0.2) is 23.3 Å². The highest BCUT2D eigenvalue weighted by Gasteiger charge is 2.18. The maximum absolute atomic E-state index is 12.2. The molecule has 7 heteroatoms. The van der Waals surface area contributed by atoms with Crippen molar-refractivity contribution in [2.24, 2.45) is 0 Å². The molecule has 0 saturated carbocycles. The molecule has 3 rings (SSSR count). The van der Waals surface area contributed by atoms with Gasteiger partial charge in [0, 0.05) is 5.56 Å². The van der Waals surface area contributed by atoms with Crippen molar-refractivity contribution in [3.05, 3.63) is 58.5 Å². The van der Waals surface area contributed by atoms with E-state index in [1.165, 1.54) is 23.5 Å². The molecular formula is C18H20N2O3S2. The quantitative estimate of drug-likeness (QED) is 0.797. The summed E-state index contributed by atoms with van der Waals surface area (Å²) in [7, 11) is 0. The number of hydrogen-bond donors (Lipinski definition) is 2. The van der Waals surface area contributed by atoms with E-state index in [2.05, 4.69) is 10.9 Å². The summed E-state index contributed by atoms with van der Waals surface area (Å²) in [4.78, 5) is 24.3. The maximum Gasteiger partial charge on any atom is 0.273 e. The number of thioether (sulfide) groups is 2. The van der Waals surface area contributed by atoms with Crippen molar-refractivity contribution in [2.75, 3.05) is 11.5 Å². The van der Waals surface area contributed by atoms with Crippen LogP contribution in [0.15, 0.2) is 34.7 Å². The van der Waals surface area contributed by atoms with Crippen LogP contribution in [0.1, 0.15) is 48.8 Å². The van der Waals surface area contributed by atoms with E-state index in [9.17, 15) is 9.59 Å². The lowest BCUT2D eigenvalue weighted by Crippen LogP contribution is -2.41. The fourth-order valence-electron chi connectivity index (χ4n) is 2.58. The summed E-state index contributed by atoms with van der Waals surface area (Å²) < 4.78 is 5.76. The number of hydrazine groups is 1. The van der Waals surface area contributed by atoms with Gasteiger partial charge in [-0.15, -0.1) is 23.5 Å². The van der Waals surface area contributed by atoms with E-state index in [1.54, 1.807) is 32.0 Å². The predicted octanol–water partition coefficient (Wildman–Crippen LogP) is 3.84. The lowest BCUT2D eigenvalue weighted by Gasteiger charge is -2.21. The molecule has 0 bridgehead atoms. The molecule has 1 aromatic carbocycles. The Bertz CT molecular complexity index is 765. The van der Waals surface area contributed by atoms with Gasteiger partial charge in [-0.25, -0.2) is 0 Å². The zero-order valence-corrected chi connectivity index (χ0v) is 15.8. The van der Waals surface area contributed by atoms with Gasteiger partial charge in [-0.05, 0) is 55.5 Å². The number of furan rings is 1. The second-order valence-electron chi connectivity index (χ2n) is 5.78. The number of carbonyl (C=O) groups excluding carboxylic acids is 2. The molecule has 1 fully saturated rings. The molecular weight excluding hydrogens is 356 g/mol. The van der Waals surface area contributed by atoms with Crippen LogP contribution >= 0.6 is 23.5 Å². The van der Waals surface area contributed by atoms with Crippen LogP contribution in [0.5, 0.6) is 0 Å². The van der Waals surface area contributed by atoms with Gasteiger partial charge in [0.15, 0.2) is 0 Å². The van der Waals surface area contributed by atoms with E-state index in [0.717, 1.165) is 0 Å². The van der Waals surface area contributed by atoms with E-state index >= 15 is 0 Å². The first kappa shape index (κ1) is 17.9. The van der Waals surface area contributed by atoms with E-state index in [-0.39, 0.29) is 5.91 Å². The smallest absolute Gasteiger partial charge is 0.273 e. The Morgan fingerprint density at radius 1 is 1.04 bits per heavy atom. The molecule has 0 spiro atoms. The molecule has 5 nitrogen and oxygen atoms in total. The number of nitrogens with one attached hydrogen (secondary N) is 2. The van der Waals surface area contributed by atoms with Crippen molar-refractivity contribution in [1.29, 1.82) is 0 Å². The van der Waals surface area contributed by atoms with Crippen molar-refractivity contribution in [2.45, 2.75) is 24.9 Å². The summed E-state index contributed by atoms with van der Waals surface area (Å²) >= 11 is 3.88. The van der Waals surface area contributed by atoms with Gasteiger partial charge in [0.25, 0.3) is 11.8 Å². The Hall–Kier alpha value is -1.86. The van der Waals surface area contributed by atoms with Gasteiger partial charge in [0.2, 0.25) is 0 Å². The minimum Gasteiger partial charge on any atom is -0.466 e. The Balaban J connectivity index is 1.57. The Labute approximate surface area is 155 Å². The standard InChI is InChI=1S/C18H20N2O3S2/c1-11-10-15(12(2)23-11)17(22)20-19-16(21)13-4-6-14(7-5-13)18-24-8-3-9-25-18/h4-7,10,18H,3,8-9H2,1-2H3,(H,19,21)(H,20,22). The largest absolute Gasteiger partial charge is 0.466 e. The Kier molecular flexibility index (Phi) is 5.75. The molecule has 1 aromatic heterocycles. The summed E-state index contributed by atoms with van der Waals surface area (Å²) in [5, 5.41) is 0. The lowest BCUT2D eigenvalue weighted by atomic mass is 10.1. The molecule has 2 amide bonds. The van der Waals surface area contributed by atoms with Crippen LogP contribution in [0, 0.1) is 13.8 Å². The van der Waals surface area contributed by atoms with Crippen molar-refractivity contribution >= 4 is 35.3 Å². The topological polar surface area (TPSA) is 71.3 Å². The highest BCUT2D eigenvalue weighted by Crippen LogP contribution is 2.43. The molecule has 0 aliphatic carbocycles. The molecule has 0 atom stereocenters. The highest BCUT2D eigenvalue weighted by molar-refractivity contribution is 8.16. The molecule has 1 saturated heterocycles. The highest BCUT2D eigenvalue weighted by atomic mass is 32.2. The van der Waals surface area contributed by atoms with E-state index in [4.69, 9.17) is 4.42 Å². The Morgan fingerprint density at radius 2 is 1.68 bits per heavy atom. The van der Waals surface area contributed by atoms with Crippen molar-refractivity contribution in [1.82, 2.24) is 10.9 Å². The predicted molar refractivity (Wildman–Crippen MR) is 102 cm³/mol. The Morgan fingerprint density at radius 3 is 2.28 bits per heavy atom. The average Bonchev–Trinajstić information content (AvgIpc) is 2.98. The number of rotatable bonds is 3. The fraction of sp³-hybridized carbons (Fsp3) is 0.333. The van der Waals surface area contributed by atoms with Crippen molar-refractivity contribution in [3.8, 4) is 0 Å². The van der Waals surface area contributed by atoms with E-state index in [1.807, 2.05) is 35.7 Å². The molecule has 2 aromatic rings. The molecule has 25 heavy (non-hydrogen) atoms. The second kappa shape index (κ2) is 8.01. The minimum atomic E-state index is -0.394. The molecule has 0 radical (unpaired) electrons. The summed E-state index contributed by atoms with van der Waals surface area (Å²) in [6, 6.07) is 9.19. The van der Waals surface area contributed by atoms with Gasteiger partial charge in [0.05, 0.1) is 10.1 Å². The zero-order chi connectivity index (χ0) is 17.8. The molecule has 1 aliphatic rings. The van der Waals surface area contributed by atoms with Gasteiger partial charge in [-0.2, -0.15) is 0 Å². The number of amides is 2. The summed E-state index contributed by atoms with van der Waals surface area (Å²) in [6.45, 7) is 3.48. The SMILES string of the molecule is Cc1cc(C(=O)NNC(=O)c2ccc(C3SCCCS3)cc2)c(C)o1. The molecule has 2 N–H and O–H groups in total. The first-order valence-corrected chi connectivity index (χ1v) is 10.2. The third-order valence-electron chi connectivity index (χ3n) is 3.85. The minimum absolute atomic E-state index is 0.346. The molecule has 132 valence electrons. The third-order valence-corrected chi connectivity index (χ3v) is 6.86. The number of carbonyl (C=O) groups is 2. The van der Waals surface area contributed by atoms with E-state index in [0.29, 0.717) is 27.2 Å². The summed E-state index contributed by atoms with van der Waals surface area (Å²) in [6.07, 6.45) is 1.25. The van der Waals surface area contributed by atoms with Gasteiger partial charge < -0.3 is 4.42 Å². The molecule has 2 heterocycles. The molecule has 0 unspecified atom stereocenters. The zero-order valence-electron chi connectivity index (χ0n) is 14.1. The van der Waals surface area contributed by atoms with Gasteiger partial charge in [-0.1, -0.05) is 12.1 Å². The number of benzene rings is 1. The summed E-state index contributed by atoms with van der Waals surface area (Å²) in [5.74, 6) is 2.80. The monoisotopic (exact) mass is 376 g/mol. The van der Waals surface area contributed by atoms with Crippen LogP contribution in [0.4, 0.5) is 0 Å². The first-order chi connectivity index (χ1) is 12.0. The van der Waals surface area contributed by atoms with Gasteiger partial charge in [0.1, 0.15) is 11.5 Å². The molecule has 1 aliphatic heterocycles. The number of hydrogen-bond acceptors (Lipinski definition) is 5. The first-order valence-electron chi connectivity index (χ1n) is 8.05. The van der Waals surface area contributed by atoms with Crippen LogP contribution in [-0.2, 0) is 0 Å². The maximum atomic E-state index is 12.2. The number of aryl methyl sites for hydroxylation is 2. The van der Waals surface area contributed by atoms with Crippen molar-refractivity contribution in [3.63, 3.8) is 0 Å². The van der Waals surface area contributed by atoms with Crippen LogP contribution < -0.4 is 10.9 Å². The van der Waals surface area contributed by atoms with Crippen molar-refractivity contribution < 1.29 is 14.0 Å². The van der Waals surface area contributed by atoms with Gasteiger partial charge in [-0.3, -0.25) is 20.4 Å². The summed E-state index contributed by atoms with van der Waals surface area (Å²) in [5.41, 5.74) is 7.01. The van der Waals surface area contributed by atoms with Gasteiger partial charge >= 0.3 is 0 Å².